The number of pyridine rings is 1. The number of nitrogens with two attached hydrogens (primary N) is 1. The summed E-state index contributed by atoms with van der Waals surface area (Å²) < 4.78 is 27.1. The van der Waals surface area contributed by atoms with Crippen LogP contribution in [-0.2, 0) is 16.4 Å². The average molecular weight is 311 g/mol. The maximum absolute atomic E-state index is 12.7. The normalized spacial score (nSPS) is 18.2. The topological polar surface area (TPSA) is 76.3 Å². The van der Waals surface area contributed by atoms with Crippen LogP contribution in [0.4, 0.5) is 0 Å². The zero-order chi connectivity index (χ0) is 15.3. The Labute approximate surface area is 127 Å². The minimum atomic E-state index is -3.29. The van der Waals surface area contributed by atoms with Crippen molar-refractivity contribution in [2.75, 3.05) is 18.8 Å². The standard InChI is InChI=1S/C15H25N3O2S/c1-2-18(15(13-16)8-3-4-9-15)21(19,20)12-7-14-5-10-17-11-6-14/h5-6,10-11H,2-4,7-9,12-13,16H2,1H3. The lowest BCUT2D eigenvalue weighted by atomic mass is 9.98. The van der Waals surface area contributed by atoms with Crippen molar-refractivity contribution in [3.63, 3.8) is 0 Å². The SMILES string of the molecule is CCN(C1(CN)CCCC1)S(=O)(=O)CCc1ccncc1. The third-order valence-electron chi connectivity index (χ3n) is 4.46. The predicted octanol–water partition coefficient (Wildman–Crippen LogP) is 1.55. The molecule has 0 spiro atoms. The third kappa shape index (κ3) is 3.62. The minimum Gasteiger partial charge on any atom is -0.329 e. The molecule has 1 aliphatic carbocycles. The highest BCUT2D eigenvalue weighted by atomic mass is 32.2. The zero-order valence-electron chi connectivity index (χ0n) is 12.7. The van der Waals surface area contributed by atoms with Crippen molar-refractivity contribution in [3.8, 4) is 0 Å². The Hall–Kier alpha value is -0.980. The first-order valence-corrected chi connectivity index (χ1v) is 9.24. The fraction of sp³-hybridized carbons (Fsp3) is 0.667. The first-order valence-electron chi connectivity index (χ1n) is 7.63. The molecule has 5 nitrogen and oxygen atoms in total. The quantitative estimate of drug-likeness (QED) is 0.829. The van der Waals surface area contributed by atoms with Gasteiger partial charge in [0, 0.05) is 31.0 Å². The van der Waals surface area contributed by atoms with Crippen LogP contribution in [0, 0.1) is 0 Å². The molecule has 0 bridgehead atoms. The molecule has 1 aliphatic rings. The lowest BCUT2D eigenvalue weighted by Crippen LogP contribution is -2.55. The molecule has 0 aliphatic heterocycles. The summed E-state index contributed by atoms with van der Waals surface area (Å²) in [6.45, 7) is 2.81. The molecule has 2 rings (SSSR count). The minimum absolute atomic E-state index is 0.132. The molecule has 2 N–H and O–H groups in total. The molecule has 0 saturated heterocycles. The Kier molecular flexibility index (Phi) is 5.35. The number of hydrogen-bond acceptors (Lipinski definition) is 4. The number of hydrogen-bond donors (Lipinski definition) is 1. The summed E-state index contributed by atoms with van der Waals surface area (Å²) in [7, 11) is -3.29. The van der Waals surface area contributed by atoms with Crippen LogP contribution >= 0.6 is 0 Å². The summed E-state index contributed by atoms with van der Waals surface area (Å²) >= 11 is 0. The van der Waals surface area contributed by atoms with Gasteiger partial charge in [-0.15, -0.1) is 0 Å². The number of aromatic nitrogens is 1. The molecule has 21 heavy (non-hydrogen) atoms. The van der Waals surface area contributed by atoms with Gasteiger partial charge in [-0.1, -0.05) is 19.8 Å². The Bertz CT molecular complexity index is 539. The van der Waals surface area contributed by atoms with Crippen molar-refractivity contribution in [3.05, 3.63) is 30.1 Å². The predicted molar refractivity (Wildman–Crippen MR) is 84.4 cm³/mol. The van der Waals surface area contributed by atoms with Crippen LogP contribution in [0.15, 0.2) is 24.5 Å². The molecule has 0 radical (unpaired) electrons. The first-order chi connectivity index (χ1) is 10.0. The number of aryl methyl sites for hydroxylation is 1. The molecule has 6 heteroatoms. The molecular formula is C15H25N3O2S. The van der Waals surface area contributed by atoms with Gasteiger partial charge in [-0.2, -0.15) is 4.31 Å². The van der Waals surface area contributed by atoms with Crippen LogP contribution in [0.3, 0.4) is 0 Å². The summed E-state index contributed by atoms with van der Waals surface area (Å²) in [5.74, 6) is 0.132. The van der Waals surface area contributed by atoms with E-state index in [2.05, 4.69) is 4.98 Å². The molecule has 1 aromatic heterocycles. The Morgan fingerprint density at radius 2 is 1.90 bits per heavy atom. The van der Waals surface area contributed by atoms with Crippen molar-refractivity contribution in [2.24, 2.45) is 5.73 Å². The summed E-state index contributed by atoms with van der Waals surface area (Å²) in [6, 6.07) is 3.72. The summed E-state index contributed by atoms with van der Waals surface area (Å²) in [6.07, 6.45) is 7.79. The fourth-order valence-corrected chi connectivity index (χ4v) is 5.28. The molecule has 1 heterocycles. The van der Waals surface area contributed by atoms with E-state index in [1.54, 1.807) is 16.7 Å². The number of rotatable bonds is 7. The fourth-order valence-electron chi connectivity index (χ4n) is 3.32. The zero-order valence-corrected chi connectivity index (χ0v) is 13.5. The molecule has 0 atom stereocenters. The molecule has 0 amide bonds. The van der Waals surface area contributed by atoms with Gasteiger partial charge >= 0.3 is 0 Å². The summed E-state index contributed by atoms with van der Waals surface area (Å²) in [4.78, 5) is 3.95. The van der Waals surface area contributed by atoms with Gasteiger partial charge < -0.3 is 5.73 Å². The molecule has 1 saturated carbocycles. The van der Waals surface area contributed by atoms with Crippen LogP contribution in [0.5, 0.6) is 0 Å². The number of likely N-dealkylation sites (N-methyl/N-ethyl adjacent to an activating group) is 1. The van der Waals surface area contributed by atoms with Gasteiger partial charge in [0.25, 0.3) is 0 Å². The van der Waals surface area contributed by atoms with Gasteiger partial charge in [0.15, 0.2) is 0 Å². The Morgan fingerprint density at radius 1 is 1.29 bits per heavy atom. The van der Waals surface area contributed by atoms with Gasteiger partial charge in [0.1, 0.15) is 0 Å². The van der Waals surface area contributed by atoms with Gasteiger partial charge in [-0.05, 0) is 37.0 Å². The van der Waals surface area contributed by atoms with Crippen LogP contribution in [0.25, 0.3) is 0 Å². The van der Waals surface area contributed by atoms with Gasteiger partial charge in [-0.3, -0.25) is 4.98 Å². The number of nitrogens with zero attached hydrogens (tertiary/aromatic N) is 2. The Balaban J connectivity index is 2.12. The molecule has 118 valence electrons. The van der Waals surface area contributed by atoms with Gasteiger partial charge in [0.2, 0.25) is 10.0 Å². The second kappa shape index (κ2) is 6.85. The maximum Gasteiger partial charge on any atom is 0.214 e. The highest BCUT2D eigenvalue weighted by Gasteiger charge is 2.43. The lowest BCUT2D eigenvalue weighted by Gasteiger charge is -2.39. The van der Waals surface area contributed by atoms with E-state index < -0.39 is 10.0 Å². The van der Waals surface area contributed by atoms with Crippen LogP contribution < -0.4 is 5.73 Å². The van der Waals surface area contributed by atoms with E-state index >= 15 is 0 Å². The molecular weight excluding hydrogens is 286 g/mol. The van der Waals surface area contributed by atoms with Crippen LogP contribution in [-0.4, -0.2) is 42.1 Å². The van der Waals surface area contributed by atoms with Crippen molar-refractivity contribution in [1.82, 2.24) is 9.29 Å². The van der Waals surface area contributed by atoms with Gasteiger partial charge in [0.05, 0.1) is 5.75 Å². The van der Waals surface area contributed by atoms with Crippen molar-refractivity contribution in [1.29, 1.82) is 0 Å². The number of sulfonamides is 1. The second-order valence-corrected chi connectivity index (χ2v) is 7.73. The van der Waals surface area contributed by atoms with Crippen molar-refractivity contribution < 1.29 is 8.42 Å². The van der Waals surface area contributed by atoms with E-state index in [4.69, 9.17) is 5.73 Å². The Morgan fingerprint density at radius 3 is 2.43 bits per heavy atom. The third-order valence-corrected chi connectivity index (χ3v) is 6.50. The smallest absolute Gasteiger partial charge is 0.214 e. The lowest BCUT2D eigenvalue weighted by molar-refractivity contribution is 0.205. The molecule has 1 fully saturated rings. The average Bonchev–Trinajstić information content (AvgIpc) is 2.97. The van der Waals surface area contributed by atoms with E-state index in [-0.39, 0.29) is 11.3 Å². The first kappa shape index (κ1) is 16.4. The monoisotopic (exact) mass is 311 g/mol. The summed E-state index contributed by atoms with van der Waals surface area (Å²) in [5.41, 5.74) is 6.58. The van der Waals surface area contributed by atoms with E-state index in [0.717, 1.165) is 31.2 Å². The van der Waals surface area contributed by atoms with Crippen LogP contribution in [0.1, 0.15) is 38.2 Å². The van der Waals surface area contributed by atoms with E-state index in [9.17, 15) is 8.42 Å². The van der Waals surface area contributed by atoms with Crippen LogP contribution in [0.2, 0.25) is 0 Å². The summed E-state index contributed by atoms with van der Waals surface area (Å²) in [5, 5.41) is 0. The van der Waals surface area contributed by atoms with E-state index in [1.807, 2.05) is 19.1 Å². The largest absolute Gasteiger partial charge is 0.329 e. The van der Waals surface area contributed by atoms with Gasteiger partial charge in [-0.25, -0.2) is 8.42 Å². The highest BCUT2D eigenvalue weighted by Crippen LogP contribution is 2.36. The van der Waals surface area contributed by atoms with Crippen molar-refractivity contribution >= 4 is 10.0 Å². The second-order valence-electron chi connectivity index (χ2n) is 5.72. The maximum atomic E-state index is 12.7. The van der Waals surface area contributed by atoms with E-state index in [1.165, 1.54) is 0 Å². The molecule has 0 unspecified atom stereocenters. The highest BCUT2D eigenvalue weighted by molar-refractivity contribution is 7.89. The molecule has 1 aromatic rings. The van der Waals surface area contributed by atoms with E-state index in [0.29, 0.717) is 19.5 Å². The molecule has 0 aromatic carbocycles. The van der Waals surface area contributed by atoms with Crippen molar-refractivity contribution in [2.45, 2.75) is 44.6 Å².